The summed E-state index contributed by atoms with van der Waals surface area (Å²) in [6, 6.07) is 13.8. The van der Waals surface area contributed by atoms with E-state index in [1.54, 1.807) is 41.2 Å². The molecule has 6 nitrogen and oxygen atoms in total. The molecule has 2 amide bonds. The van der Waals surface area contributed by atoms with Crippen LogP contribution in [0.15, 0.2) is 48.5 Å². The van der Waals surface area contributed by atoms with E-state index in [-0.39, 0.29) is 29.6 Å². The first-order valence-electron chi connectivity index (χ1n) is 8.43. The molecule has 0 N–H and O–H groups in total. The first-order valence-corrected chi connectivity index (χ1v) is 10.3. The third-order valence-corrected chi connectivity index (χ3v) is 6.70. The Morgan fingerprint density at radius 3 is 2.15 bits per heavy atom. The number of rotatable bonds is 3. The van der Waals surface area contributed by atoms with Crippen LogP contribution in [-0.4, -0.2) is 45.1 Å². The number of carbonyl (C=O) groups is 1. The molecule has 0 bridgehead atoms. The second kappa shape index (κ2) is 6.02. The second-order valence-corrected chi connectivity index (χ2v) is 8.93. The molecule has 2 fully saturated rings. The lowest BCUT2D eigenvalue weighted by Crippen LogP contribution is -2.37. The first-order chi connectivity index (χ1) is 12.4. The summed E-state index contributed by atoms with van der Waals surface area (Å²) in [5, 5.41) is 0. The highest BCUT2D eigenvalue weighted by Crippen LogP contribution is 2.38. The van der Waals surface area contributed by atoms with Crippen molar-refractivity contribution >= 4 is 27.2 Å². The minimum atomic E-state index is -3.19. The van der Waals surface area contributed by atoms with Gasteiger partial charge in [-0.3, -0.25) is 9.80 Å². The van der Waals surface area contributed by atoms with Crippen LogP contribution in [0.3, 0.4) is 0 Å². The van der Waals surface area contributed by atoms with E-state index in [4.69, 9.17) is 4.74 Å². The Morgan fingerprint density at radius 1 is 0.962 bits per heavy atom. The van der Waals surface area contributed by atoms with Crippen molar-refractivity contribution in [3.63, 3.8) is 0 Å². The maximum Gasteiger partial charge on any atom is 0.329 e. The molecule has 2 atom stereocenters. The number of anilines is 2. The third kappa shape index (κ3) is 2.72. The number of fused-ring (bicyclic) bond motifs is 1. The average Bonchev–Trinajstić information content (AvgIpc) is 3.03. The number of nitrogens with zero attached hydrogens (tertiary/aromatic N) is 2. The molecule has 2 saturated heterocycles. The van der Waals surface area contributed by atoms with E-state index in [1.807, 2.05) is 31.2 Å². The number of hydrogen-bond donors (Lipinski definition) is 0. The van der Waals surface area contributed by atoms with Crippen molar-refractivity contribution in [2.45, 2.75) is 19.0 Å². The Morgan fingerprint density at radius 2 is 1.58 bits per heavy atom. The van der Waals surface area contributed by atoms with Crippen LogP contribution >= 0.6 is 0 Å². The standard InChI is InChI=1S/C19H20N2O4S/c1-13-4-3-5-15(10-13)21-18-12-26(23,24)11-17(18)20(19(21)22)14-6-8-16(25-2)9-7-14/h3-10,17-18H,11-12H2,1-2H3. The number of sulfone groups is 1. The van der Waals surface area contributed by atoms with E-state index in [9.17, 15) is 13.2 Å². The molecular weight excluding hydrogens is 352 g/mol. The maximum absolute atomic E-state index is 13.2. The summed E-state index contributed by atoms with van der Waals surface area (Å²) in [5.41, 5.74) is 2.44. The Bertz CT molecular complexity index is 956. The molecule has 2 aliphatic rings. The zero-order chi connectivity index (χ0) is 18.5. The lowest BCUT2D eigenvalue weighted by Gasteiger charge is -2.23. The van der Waals surface area contributed by atoms with Gasteiger partial charge in [0.15, 0.2) is 9.84 Å². The summed E-state index contributed by atoms with van der Waals surface area (Å²) in [4.78, 5) is 16.5. The van der Waals surface area contributed by atoms with E-state index < -0.39 is 9.84 Å². The third-order valence-electron chi connectivity index (χ3n) is 5.00. The van der Waals surface area contributed by atoms with Gasteiger partial charge in [-0.05, 0) is 48.9 Å². The summed E-state index contributed by atoms with van der Waals surface area (Å²) in [6.07, 6.45) is 0. The van der Waals surface area contributed by atoms with Gasteiger partial charge in [-0.1, -0.05) is 12.1 Å². The lowest BCUT2D eigenvalue weighted by atomic mass is 10.1. The Labute approximate surface area is 152 Å². The number of amides is 2. The van der Waals surface area contributed by atoms with Crippen molar-refractivity contribution in [2.75, 3.05) is 28.4 Å². The molecule has 7 heteroatoms. The van der Waals surface area contributed by atoms with Gasteiger partial charge in [-0.25, -0.2) is 13.2 Å². The Kier molecular flexibility index (Phi) is 3.91. The molecule has 0 aliphatic carbocycles. The fourth-order valence-corrected chi connectivity index (χ4v) is 5.75. The fraction of sp³-hybridized carbons (Fsp3) is 0.316. The predicted octanol–water partition coefficient (Wildman–Crippen LogP) is 2.62. The smallest absolute Gasteiger partial charge is 0.329 e. The monoisotopic (exact) mass is 372 g/mol. The quantitative estimate of drug-likeness (QED) is 0.777. The van der Waals surface area contributed by atoms with Crippen molar-refractivity contribution in [2.24, 2.45) is 0 Å². The van der Waals surface area contributed by atoms with Gasteiger partial charge in [0.1, 0.15) is 5.75 Å². The van der Waals surface area contributed by atoms with Gasteiger partial charge in [0.05, 0.1) is 30.7 Å². The lowest BCUT2D eigenvalue weighted by molar-refractivity contribution is 0.255. The summed E-state index contributed by atoms with van der Waals surface area (Å²) in [6.45, 7) is 1.95. The molecule has 0 aromatic heterocycles. The van der Waals surface area contributed by atoms with Gasteiger partial charge < -0.3 is 4.74 Å². The van der Waals surface area contributed by atoms with Crippen molar-refractivity contribution in [3.8, 4) is 5.75 Å². The number of benzene rings is 2. The van der Waals surface area contributed by atoms with E-state index in [1.165, 1.54) is 0 Å². The topological polar surface area (TPSA) is 66.9 Å². The fourth-order valence-electron chi connectivity index (χ4n) is 3.83. The zero-order valence-electron chi connectivity index (χ0n) is 14.6. The highest BCUT2D eigenvalue weighted by atomic mass is 32.2. The normalized spacial score (nSPS) is 24.0. The van der Waals surface area contributed by atoms with Gasteiger partial charge in [0.2, 0.25) is 0 Å². The Hall–Kier alpha value is -2.54. The molecule has 4 rings (SSSR count). The minimum Gasteiger partial charge on any atom is -0.497 e. The van der Waals surface area contributed by atoms with Crippen molar-refractivity contribution in [1.29, 1.82) is 0 Å². The molecule has 0 saturated carbocycles. The molecule has 0 spiro atoms. The number of hydrogen-bond acceptors (Lipinski definition) is 4. The van der Waals surface area contributed by atoms with Crippen LogP contribution in [0.5, 0.6) is 5.75 Å². The number of methoxy groups -OCH3 is 1. The van der Waals surface area contributed by atoms with Crippen LogP contribution in [0.1, 0.15) is 5.56 Å². The largest absolute Gasteiger partial charge is 0.497 e. The molecular formula is C19H20N2O4S. The highest BCUT2D eigenvalue weighted by Gasteiger charge is 2.54. The summed E-state index contributed by atoms with van der Waals surface area (Å²) in [7, 11) is -1.62. The van der Waals surface area contributed by atoms with Gasteiger partial charge in [-0.2, -0.15) is 0 Å². The number of ether oxygens (including phenoxy) is 1. The van der Waals surface area contributed by atoms with Crippen LogP contribution in [0, 0.1) is 6.92 Å². The number of urea groups is 1. The van der Waals surface area contributed by atoms with E-state index in [0.29, 0.717) is 11.4 Å². The average molecular weight is 372 g/mol. The molecule has 136 valence electrons. The van der Waals surface area contributed by atoms with Crippen LogP contribution in [-0.2, 0) is 9.84 Å². The molecule has 2 aromatic carbocycles. The van der Waals surface area contributed by atoms with Crippen molar-refractivity contribution in [1.82, 2.24) is 0 Å². The van der Waals surface area contributed by atoms with E-state index in [2.05, 4.69) is 0 Å². The maximum atomic E-state index is 13.2. The zero-order valence-corrected chi connectivity index (χ0v) is 15.4. The van der Waals surface area contributed by atoms with Gasteiger partial charge >= 0.3 is 6.03 Å². The van der Waals surface area contributed by atoms with Gasteiger partial charge in [-0.15, -0.1) is 0 Å². The highest BCUT2D eigenvalue weighted by molar-refractivity contribution is 7.91. The van der Waals surface area contributed by atoms with Crippen molar-refractivity contribution in [3.05, 3.63) is 54.1 Å². The number of carbonyl (C=O) groups excluding carboxylic acids is 1. The van der Waals surface area contributed by atoms with Crippen LogP contribution in [0.4, 0.5) is 16.2 Å². The summed E-state index contributed by atoms with van der Waals surface area (Å²) >= 11 is 0. The number of aryl methyl sites for hydroxylation is 1. The van der Waals surface area contributed by atoms with Crippen LogP contribution in [0.2, 0.25) is 0 Å². The van der Waals surface area contributed by atoms with Crippen molar-refractivity contribution < 1.29 is 17.9 Å². The molecule has 2 heterocycles. The minimum absolute atomic E-state index is 0.00992. The molecule has 2 aliphatic heterocycles. The SMILES string of the molecule is COc1ccc(N2C(=O)N(c3cccc(C)c3)C3CS(=O)(=O)CC32)cc1. The van der Waals surface area contributed by atoms with E-state index >= 15 is 0 Å². The van der Waals surface area contributed by atoms with E-state index in [0.717, 1.165) is 11.3 Å². The predicted molar refractivity (Wildman–Crippen MR) is 101 cm³/mol. The molecule has 0 radical (unpaired) electrons. The van der Waals surface area contributed by atoms with Gasteiger partial charge in [0.25, 0.3) is 0 Å². The summed E-state index contributed by atoms with van der Waals surface area (Å²) < 4.78 is 29.7. The molecule has 2 aromatic rings. The van der Waals surface area contributed by atoms with Crippen LogP contribution in [0.25, 0.3) is 0 Å². The second-order valence-electron chi connectivity index (χ2n) is 6.77. The van der Waals surface area contributed by atoms with Gasteiger partial charge in [0, 0.05) is 11.4 Å². The van der Waals surface area contributed by atoms with Crippen LogP contribution < -0.4 is 14.5 Å². The molecule has 26 heavy (non-hydrogen) atoms. The first kappa shape index (κ1) is 16.9. The summed E-state index contributed by atoms with van der Waals surface area (Å²) in [5.74, 6) is 0.661. The Balaban J connectivity index is 1.78. The molecule has 2 unspecified atom stereocenters.